The summed E-state index contributed by atoms with van der Waals surface area (Å²) in [6.45, 7) is 3.52. The number of rotatable bonds is 2. The van der Waals surface area contributed by atoms with Gasteiger partial charge in [-0.1, -0.05) is 26.0 Å². The van der Waals surface area contributed by atoms with Crippen LogP contribution in [-0.4, -0.2) is 23.7 Å². The van der Waals surface area contributed by atoms with Gasteiger partial charge < -0.3 is 5.11 Å². The van der Waals surface area contributed by atoms with Gasteiger partial charge in [0.25, 0.3) is 5.91 Å². The number of amides is 1. The number of benzene rings is 1. The van der Waals surface area contributed by atoms with Gasteiger partial charge in [-0.25, -0.2) is 4.99 Å². The van der Waals surface area contributed by atoms with E-state index in [0.29, 0.717) is 10.7 Å². The van der Waals surface area contributed by atoms with Crippen molar-refractivity contribution in [1.29, 1.82) is 0 Å². The van der Waals surface area contributed by atoms with E-state index in [1.54, 1.807) is 6.07 Å². The quantitative estimate of drug-likeness (QED) is 0.750. The maximum atomic E-state index is 11.8. The molecule has 2 rings (SSSR count). The average Bonchev–Trinajstić information content (AvgIpc) is 2.28. The number of aliphatic hydroxyl groups excluding tert-OH is 1. The van der Waals surface area contributed by atoms with Crippen LogP contribution in [0.4, 0.5) is 0 Å². The van der Waals surface area contributed by atoms with Crippen molar-refractivity contribution < 1.29 is 9.90 Å². The van der Waals surface area contributed by atoms with E-state index in [2.05, 4.69) is 9.98 Å². The summed E-state index contributed by atoms with van der Waals surface area (Å²) in [5.41, 5.74) is -0.575. The van der Waals surface area contributed by atoms with Gasteiger partial charge in [-0.15, -0.1) is 0 Å². The summed E-state index contributed by atoms with van der Waals surface area (Å²) in [6.07, 6.45) is 0. The van der Waals surface area contributed by atoms with Crippen LogP contribution in [0.25, 0.3) is 0 Å². The average molecular weight is 218 g/mol. The fourth-order valence-electron chi connectivity index (χ4n) is 1.64. The first-order valence-corrected chi connectivity index (χ1v) is 5.21. The summed E-state index contributed by atoms with van der Waals surface area (Å²) in [7, 11) is 0. The Labute approximate surface area is 93.4 Å². The minimum atomic E-state index is -0.590. The molecule has 16 heavy (non-hydrogen) atoms. The van der Waals surface area contributed by atoms with Crippen molar-refractivity contribution in [2.45, 2.75) is 19.9 Å². The van der Waals surface area contributed by atoms with E-state index < -0.39 is 11.5 Å². The molecule has 1 aliphatic rings. The lowest BCUT2D eigenvalue weighted by Crippen LogP contribution is -2.44. The lowest BCUT2D eigenvalue weighted by atomic mass is 9.85. The van der Waals surface area contributed by atoms with Crippen molar-refractivity contribution in [1.82, 2.24) is 0 Å². The van der Waals surface area contributed by atoms with Crippen LogP contribution < -0.4 is 10.7 Å². The second kappa shape index (κ2) is 3.79. The zero-order chi connectivity index (χ0) is 11.8. The first kappa shape index (κ1) is 11.0. The monoisotopic (exact) mass is 218 g/mol. The van der Waals surface area contributed by atoms with Crippen LogP contribution in [0, 0.1) is 5.41 Å². The van der Waals surface area contributed by atoms with Crippen LogP contribution in [0.15, 0.2) is 34.3 Å². The predicted molar refractivity (Wildman–Crippen MR) is 58.4 cm³/mol. The topological polar surface area (TPSA) is 62.0 Å². The maximum Gasteiger partial charge on any atom is 0.271 e. The molecule has 0 spiro atoms. The molecule has 1 aromatic rings. The van der Waals surface area contributed by atoms with Gasteiger partial charge in [-0.05, 0) is 12.1 Å². The van der Waals surface area contributed by atoms with E-state index in [9.17, 15) is 9.90 Å². The molecule has 1 N–H and O–H groups in total. The van der Waals surface area contributed by atoms with Crippen molar-refractivity contribution in [3.8, 4) is 0 Å². The van der Waals surface area contributed by atoms with Gasteiger partial charge in [0.1, 0.15) is 6.04 Å². The molecule has 0 radical (unpaired) electrons. The van der Waals surface area contributed by atoms with E-state index >= 15 is 0 Å². The molecule has 0 saturated carbocycles. The third-order valence-corrected chi connectivity index (χ3v) is 2.76. The summed E-state index contributed by atoms with van der Waals surface area (Å²) in [4.78, 5) is 20.2. The van der Waals surface area contributed by atoms with Crippen LogP contribution in [0.1, 0.15) is 13.8 Å². The smallest absolute Gasteiger partial charge is 0.271 e. The highest BCUT2D eigenvalue weighted by atomic mass is 16.3. The van der Waals surface area contributed by atoms with Crippen LogP contribution in [-0.2, 0) is 4.79 Å². The molecule has 1 heterocycles. The zero-order valence-corrected chi connectivity index (χ0v) is 9.34. The lowest BCUT2D eigenvalue weighted by molar-refractivity contribution is -0.122. The van der Waals surface area contributed by atoms with E-state index in [1.165, 1.54) is 0 Å². The second-order valence-electron chi connectivity index (χ2n) is 4.62. The molecule has 0 aromatic heterocycles. The number of nitrogens with zero attached hydrogens (tertiary/aromatic N) is 2. The van der Waals surface area contributed by atoms with Crippen molar-refractivity contribution in [3.63, 3.8) is 0 Å². The Balaban J connectivity index is 2.56. The second-order valence-corrected chi connectivity index (χ2v) is 4.62. The molecule has 0 saturated heterocycles. The first-order chi connectivity index (χ1) is 7.54. The normalized spacial score (nSPS) is 19.7. The van der Waals surface area contributed by atoms with Gasteiger partial charge in [-0.2, -0.15) is 0 Å². The van der Waals surface area contributed by atoms with E-state index in [0.717, 1.165) is 0 Å². The Morgan fingerprint density at radius 1 is 1.31 bits per heavy atom. The first-order valence-electron chi connectivity index (χ1n) is 5.21. The Morgan fingerprint density at radius 3 is 2.56 bits per heavy atom. The fraction of sp³-hybridized carbons (Fsp3) is 0.417. The highest BCUT2D eigenvalue weighted by Crippen LogP contribution is 2.23. The SMILES string of the molecule is CC(C)(CO)C1N=c2ccccc2=NC1=O. The van der Waals surface area contributed by atoms with Crippen molar-refractivity contribution in [2.24, 2.45) is 15.4 Å². The number of carbonyl (C=O) groups is 1. The number of hydrogen-bond donors (Lipinski definition) is 1. The van der Waals surface area contributed by atoms with Crippen molar-refractivity contribution >= 4 is 5.91 Å². The third-order valence-electron chi connectivity index (χ3n) is 2.76. The molecular formula is C12H14N2O2. The molecule has 1 aromatic carbocycles. The molecule has 0 bridgehead atoms. The highest BCUT2D eigenvalue weighted by Gasteiger charge is 2.35. The van der Waals surface area contributed by atoms with Gasteiger partial charge in [-0.3, -0.25) is 9.79 Å². The number of hydrogen-bond acceptors (Lipinski definition) is 3. The maximum absolute atomic E-state index is 11.8. The van der Waals surface area contributed by atoms with Gasteiger partial charge in [0, 0.05) is 5.41 Å². The highest BCUT2D eigenvalue weighted by molar-refractivity contribution is 5.84. The molecular weight excluding hydrogens is 204 g/mol. The summed E-state index contributed by atoms with van der Waals surface area (Å²) < 4.78 is 0. The van der Waals surface area contributed by atoms with Crippen molar-refractivity contribution in [3.05, 3.63) is 35.0 Å². The van der Waals surface area contributed by atoms with Gasteiger partial charge in [0.15, 0.2) is 0 Å². The summed E-state index contributed by atoms with van der Waals surface area (Å²) in [6, 6.07) is 6.68. The van der Waals surface area contributed by atoms with Crippen LogP contribution >= 0.6 is 0 Å². The molecule has 4 heteroatoms. The molecule has 0 fully saturated rings. The van der Waals surface area contributed by atoms with Crippen LogP contribution in [0.3, 0.4) is 0 Å². The molecule has 1 unspecified atom stereocenters. The standard InChI is InChI=1S/C12H14N2O2/c1-12(2,7-15)10-11(16)14-9-6-4-3-5-8(9)13-10/h3-6,10,15H,7H2,1-2H3. The summed E-state index contributed by atoms with van der Waals surface area (Å²) >= 11 is 0. The summed E-state index contributed by atoms with van der Waals surface area (Å²) in [5.74, 6) is -0.280. The Bertz CT molecular complexity index is 534. The van der Waals surface area contributed by atoms with E-state index in [4.69, 9.17) is 0 Å². The Morgan fingerprint density at radius 2 is 1.94 bits per heavy atom. The van der Waals surface area contributed by atoms with Crippen molar-refractivity contribution in [2.75, 3.05) is 6.61 Å². The largest absolute Gasteiger partial charge is 0.396 e. The van der Waals surface area contributed by atoms with E-state index in [-0.39, 0.29) is 12.5 Å². The van der Waals surface area contributed by atoms with Gasteiger partial charge >= 0.3 is 0 Å². The Hall–Kier alpha value is -1.55. The van der Waals surface area contributed by atoms with Gasteiger partial charge in [0.05, 0.1) is 17.3 Å². The van der Waals surface area contributed by atoms with Gasteiger partial charge in [0.2, 0.25) is 0 Å². The number of fused-ring (bicyclic) bond motifs is 1. The van der Waals surface area contributed by atoms with Crippen LogP contribution in [0.5, 0.6) is 0 Å². The molecule has 0 aliphatic carbocycles. The molecule has 1 atom stereocenters. The number of para-hydroxylation sites is 2. The van der Waals surface area contributed by atoms with E-state index in [1.807, 2.05) is 32.0 Å². The molecule has 84 valence electrons. The fourth-order valence-corrected chi connectivity index (χ4v) is 1.64. The predicted octanol–water partition coefficient (Wildman–Crippen LogP) is -0.147. The minimum absolute atomic E-state index is 0.0927. The lowest BCUT2D eigenvalue weighted by Gasteiger charge is -2.27. The number of aliphatic hydroxyl groups is 1. The number of carbonyl (C=O) groups excluding carboxylic acids is 1. The molecule has 1 amide bonds. The van der Waals surface area contributed by atoms with Crippen LogP contribution in [0.2, 0.25) is 0 Å². The molecule has 1 aliphatic heterocycles. The minimum Gasteiger partial charge on any atom is -0.396 e. The Kier molecular flexibility index (Phi) is 2.59. The zero-order valence-electron chi connectivity index (χ0n) is 9.34. The molecule has 4 nitrogen and oxygen atoms in total. The third kappa shape index (κ3) is 1.76. The summed E-state index contributed by atoms with van der Waals surface area (Å²) in [5, 5.41) is 10.6.